The minimum absolute atomic E-state index is 0.172. The van der Waals surface area contributed by atoms with Crippen LogP contribution in [-0.4, -0.2) is 54.1 Å². The molecule has 0 aromatic rings. The number of likely N-dealkylation sites (tertiary alicyclic amines) is 1. The second-order valence-corrected chi connectivity index (χ2v) is 6.92. The van der Waals surface area contributed by atoms with E-state index in [-0.39, 0.29) is 18.1 Å². The van der Waals surface area contributed by atoms with Gasteiger partial charge in [-0.3, -0.25) is 0 Å². The molecule has 0 aromatic carbocycles. The van der Waals surface area contributed by atoms with Crippen LogP contribution in [-0.2, 0) is 9.47 Å². The van der Waals surface area contributed by atoms with Gasteiger partial charge in [-0.15, -0.1) is 0 Å². The highest BCUT2D eigenvalue weighted by Crippen LogP contribution is 2.30. The first kappa shape index (κ1) is 15.6. The van der Waals surface area contributed by atoms with E-state index in [9.17, 15) is 9.90 Å². The molecule has 0 saturated carbocycles. The van der Waals surface area contributed by atoms with E-state index in [1.807, 2.05) is 20.8 Å². The maximum absolute atomic E-state index is 12.0. The molecule has 2 heterocycles. The molecular formula is C15H27NO4. The third kappa shape index (κ3) is 4.09. The molecule has 0 bridgehead atoms. The number of rotatable bonds is 2. The number of hydrogen-bond acceptors (Lipinski definition) is 4. The summed E-state index contributed by atoms with van der Waals surface area (Å²) in [7, 11) is 0. The summed E-state index contributed by atoms with van der Waals surface area (Å²) >= 11 is 0. The van der Waals surface area contributed by atoms with E-state index in [0.717, 1.165) is 32.5 Å². The molecule has 116 valence electrons. The van der Waals surface area contributed by atoms with Gasteiger partial charge in [0.15, 0.2) is 0 Å². The predicted molar refractivity (Wildman–Crippen MR) is 75.5 cm³/mol. The number of ether oxygens (including phenoxy) is 2. The van der Waals surface area contributed by atoms with Crippen molar-refractivity contribution in [3.63, 3.8) is 0 Å². The van der Waals surface area contributed by atoms with Crippen molar-refractivity contribution >= 4 is 6.09 Å². The van der Waals surface area contributed by atoms with Crippen LogP contribution in [0.1, 0.15) is 40.0 Å². The fourth-order valence-electron chi connectivity index (χ4n) is 3.00. The van der Waals surface area contributed by atoms with Crippen molar-refractivity contribution < 1.29 is 19.4 Å². The minimum atomic E-state index is -0.464. The molecule has 1 amide bonds. The lowest BCUT2D eigenvalue weighted by atomic mass is 9.85. The van der Waals surface area contributed by atoms with Gasteiger partial charge in [0, 0.05) is 32.2 Å². The molecule has 2 saturated heterocycles. The van der Waals surface area contributed by atoms with Crippen LogP contribution < -0.4 is 0 Å². The third-order valence-corrected chi connectivity index (χ3v) is 4.11. The monoisotopic (exact) mass is 285 g/mol. The second-order valence-electron chi connectivity index (χ2n) is 6.92. The number of aliphatic hydroxyl groups is 1. The van der Waals surface area contributed by atoms with Gasteiger partial charge < -0.3 is 19.5 Å². The zero-order valence-corrected chi connectivity index (χ0v) is 12.8. The smallest absolute Gasteiger partial charge is 0.410 e. The number of nitrogens with zero attached hydrogens (tertiary/aromatic N) is 1. The van der Waals surface area contributed by atoms with Gasteiger partial charge in [0.2, 0.25) is 0 Å². The molecule has 0 spiro atoms. The Morgan fingerprint density at radius 3 is 2.50 bits per heavy atom. The summed E-state index contributed by atoms with van der Waals surface area (Å²) in [5.41, 5.74) is -0.464. The average molecular weight is 285 g/mol. The van der Waals surface area contributed by atoms with Crippen molar-refractivity contribution in [3.8, 4) is 0 Å². The van der Waals surface area contributed by atoms with Crippen molar-refractivity contribution in [2.45, 2.75) is 51.7 Å². The molecule has 0 unspecified atom stereocenters. The fraction of sp³-hybridized carbons (Fsp3) is 0.933. The first-order chi connectivity index (χ1) is 9.37. The van der Waals surface area contributed by atoms with Gasteiger partial charge in [-0.05, 0) is 46.0 Å². The summed E-state index contributed by atoms with van der Waals surface area (Å²) in [6.07, 6.45) is 2.11. The van der Waals surface area contributed by atoms with Crippen molar-refractivity contribution in [2.75, 3.05) is 26.3 Å². The van der Waals surface area contributed by atoms with Crippen LogP contribution in [0, 0.1) is 11.8 Å². The van der Waals surface area contributed by atoms with E-state index in [1.54, 1.807) is 4.90 Å². The number of carbonyl (C=O) groups excluding carboxylic acids is 1. The standard InChI is InChI=1S/C15H27NO4/c1-15(2,3)20-14(18)16-7-4-12(10-16)13(17)11-5-8-19-9-6-11/h11-13,17H,4-10H2,1-3H3/t12-,13+/m0/s1. The molecule has 2 aliphatic heterocycles. The maximum Gasteiger partial charge on any atom is 0.410 e. The lowest BCUT2D eigenvalue weighted by Crippen LogP contribution is -2.38. The highest BCUT2D eigenvalue weighted by molar-refractivity contribution is 5.68. The summed E-state index contributed by atoms with van der Waals surface area (Å²) in [5.74, 6) is 0.484. The summed E-state index contributed by atoms with van der Waals surface area (Å²) < 4.78 is 10.7. The Balaban J connectivity index is 1.83. The van der Waals surface area contributed by atoms with Crippen LogP contribution in [0.3, 0.4) is 0 Å². The Hall–Kier alpha value is -0.810. The molecule has 5 heteroatoms. The fourth-order valence-corrected chi connectivity index (χ4v) is 3.00. The Bertz CT molecular complexity index is 333. The molecule has 0 radical (unpaired) electrons. The Morgan fingerprint density at radius 2 is 1.90 bits per heavy atom. The van der Waals surface area contributed by atoms with Crippen molar-refractivity contribution in [3.05, 3.63) is 0 Å². The highest BCUT2D eigenvalue weighted by atomic mass is 16.6. The van der Waals surface area contributed by atoms with Crippen LogP contribution in [0.15, 0.2) is 0 Å². The molecule has 2 rings (SSSR count). The van der Waals surface area contributed by atoms with Gasteiger partial charge in [-0.25, -0.2) is 4.79 Å². The van der Waals surface area contributed by atoms with Crippen LogP contribution in [0.25, 0.3) is 0 Å². The average Bonchev–Trinajstić information content (AvgIpc) is 2.86. The van der Waals surface area contributed by atoms with Crippen molar-refractivity contribution in [1.29, 1.82) is 0 Å². The van der Waals surface area contributed by atoms with E-state index in [1.165, 1.54) is 0 Å². The highest BCUT2D eigenvalue weighted by Gasteiger charge is 2.36. The number of amides is 1. The number of carbonyl (C=O) groups is 1. The maximum atomic E-state index is 12.0. The van der Waals surface area contributed by atoms with Crippen LogP contribution in [0.5, 0.6) is 0 Å². The number of hydrogen-bond donors (Lipinski definition) is 1. The molecule has 5 nitrogen and oxygen atoms in total. The summed E-state index contributed by atoms with van der Waals surface area (Å²) in [4.78, 5) is 13.7. The van der Waals surface area contributed by atoms with Gasteiger partial charge >= 0.3 is 6.09 Å². The van der Waals surface area contributed by atoms with Gasteiger partial charge in [0.1, 0.15) is 5.60 Å². The van der Waals surface area contributed by atoms with Gasteiger partial charge in [-0.2, -0.15) is 0 Å². The summed E-state index contributed by atoms with van der Waals surface area (Å²) in [5, 5.41) is 10.5. The molecule has 0 aliphatic carbocycles. The lowest BCUT2D eigenvalue weighted by molar-refractivity contribution is -0.0166. The Morgan fingerprint density at radius 1 is 1.25 bits per heavy atom. The van der Waals surface area contributed by atoms with E-state index < -0.39 is 5.60 Å². The normalized spacial score (nSPS) is 26.6. The molecule has 2 atom stereocenters. The zero-order chi connectivity index (χ0) is 14.8. The SMILES string of the molecule is CC(C)(C)OC(=O)N1CC[C@H]([C@H](O)C2CCOCC2)C1. The van der Waals surface area contributed by atoms with Crippen molar-refractivity contribution in [2.24, 2.45) is 11.8 Å². The summed E-state index contributed by atoms with van der Waals surface area (Å²) in [6, 6.07) is 0. The molecular weight excluding hydrogens is 258 g/mol. The zero-order valence-electron chi connectivity index (χ0n) is 12.8. The summed E-state index contributed by atoms with van der Waals surface area (Å²) in [6.45, 7) is 8.38. The van der Waals surface area contributed by atoms with E-state index in [2.05, 4.69) is 0 Å². The third-order valence-electron chi connectivity index (χ3n) is 4.11. The molecule has 0 aromatic heterocycles. The largest absolute Gasteiger partial charge is 0.444 e. The van der Waals surface area contributed by atoms with E-state index >= 15 is 0 Å². The minimum Gasteiger partial charge on any atom is -0.444 e. The van der Waals surface area contributed by atoms with Crippen LogP contribution in [0.2, 0.25) is 0 Å². The lowest BCUT2D eigenvalue weighted by Gasteiger charge is -2.30. The molecule has 2 aliphatic rings. The first-order valence-corrected chi connectivity index (χ1v) is 7.60. The first-order valence-electron chi connectivity index (χ1n) is 7.60. The molecule has 2 fully saturated rings. The molecule has 20 heavy (non-hydrogen) atoms. The van der Waals surface area contributed by atoms with E-state index in [4.69, 9.17) is 9.47 Å². The quantitative estimate of drug-likeness (QED) is 0.843. The topological polar surface area (TPSA) is 59.0 Å². The van der Waals surface area contributed by atoms with Crippen molar-refractivity contribution in [1.82, 2.24) is 4.90 Å². The second kappa shape index (κ2) is 6.31. The predicted octanol–water partition coefficient (Wildman–Crippen LogP) is 2.03. The van der Waals surface area contributed by atoms with Crippen LogP contribution in [0.4, 0.5) is 4.79 Å². The van der Waals surface area contributed by atoms with E-state index in [0.29, 0.717) is 19.0 Å². The molecule has 1 N–H and O–H groups in total. The van der Waals surface area contributed by atoms with Gasteiger partial charge in [0.05, 0.1) is 6.10 Å². The van der Waals surface area contributed by atoms with Gasteiger partial charge in [-0.1, -0.05) is 0 Å². The Kier molecular flexibility index (Phi) is 4.91. The Labute approximate surface area is 121 Å². The number of aliphatic hydroxyl groups excluding tert-OH is 1. The van der Waals surface area contributed by atoms with Crippen LogP contribution >= 0.6 is 0 Å². The van der Waals surface area contributed by atoms with Gasteiger partial charge in [0.25, 0.3) is 0 Å².